The van der Waals surface area contributed by atoms with Crippen molar-refractivity contribution in [1.82, 2.24) is 10.6 Å². The van der Waals surface area contributed by atoms with Gasteiger partial charge in [-0.25, -0.2) is 8.78 Å². The van der Waals surface area contributed by atoms with E-state index >= 15 is 0 Å². The average molecular weight is 254 g/mol. The first kappa shape index (κ1) is 13.0. The third-order valence-electron chi connectivity index (χ3n) is 3.11. The second-order valence-electron chi connectivity index (χ2n) is 4.51. The summed E-state index contributed by atoms with van der Waals surface area (Å²) in [6, 6.07) is 3.70. The van der Waals surface area contributed by atoms with Gasteiger partial charge in [-0.15, -0.1) is 0 Å². The maximum atomic E-state index is 13.5. The van der Waals surface area contributed by atoms with Crippen molar-refractivity contribution in [3.05, 3.63) is 35.4 Å². The molecule has 18 heavy (non-hydrogen) atoms. The Morgan fingerprint density at radius 1 is 1.39 bits per heavy atom. The van der Waals surface area contributed by atoms with Crippen LogP contribution in [0.1, 0.15) is 24.3 Å². The van der Waals surface area contributed by atoms with Crippen LogP contribution in [0, 0.1) is 11.6 Å². The van der Waals surface area contributed by atoms with E-state index in [1.54, 1.807) is 7.05 Å². The van der Waals surface area contributed by atoms with Crippen molar-refractivity contribution >= 4 is 5.91 Å². The fourth-order valence-electron chi connectivity index (χ4n) is 2.06. The van der Waals surface area contributed by atoms with E-state index in [1.807, 2.05) is 0 Å². The minimum atomic E-state index is -0.535. The van der Waals surface area contributed by atoms with Crippen molar-refractivity contribution in [1.29, 1.82) is 0 Å². The van der Waals surface area contributed by atoms with Gasteiger partial charge in [0, 0.05) is 30.5 Å². The Morgan fingerprint density at radius 3 is 2.67 bits per heavy atom. The van der Waals surface area contributed by atoms with Crippen molar-refractivity contribution in [3.8, 4) is 0 Å². The fraction of sp³-hybridized carbons (Fsp3) is 0.462. The molecule has 0 heterocycles. The molecule has 2 N–H and O–H groups in total. The van der Waals surface area contributed by atoms with Crippen molar-refractivity contribution < 1.29 is 13.6 Å². The van der Waals surface area contributed by atoms with Crippen LogP contribution in [0.5, 0.6) is 0 Å². The Labute approximate surface area is 105 Å². The lowest BCUT2D eigenvalue weighted by molar-refractivity contribution is -0.121. The van der Waals surface area contributed by atoms with Crippen molar-refractivity contribution in [2.24, 2.45) is 0 Å². The first-order valence-electron chi connectivity index (χ1n) is 6.01. The summed E-state index contributed by atoms with van der Waals surface area (Å²) < 4.78 is 27.0. The third kappa shape index (κ3) is 2.85. The number of amides is 1. The zero-order valence-corrected chi connectivity index (χ0v) is 10.2. The summed E-state index contributed by atoms with van der Waals surface area (Å²) in [5.41, 5.74) is 0.0939. The van der Waals surface area contributed by atoms with E-state index in [1.165, 1.54) is 18.2 Å². The third-order valence-corrected chi connectivity index (χ3v) is 3.11. The van der Waals surface area contributed by atoms with E-state index in [4.69, 9.17) is 0 Å². The molecule has 1 fully saturated rings. The van der Waals surface area contributed by atoms with Gasteiger partial charge in [-0.05, 0) is 25.6 Å². The molecular formula is C13H16F2N2O. The van der Waals surface area contributed by atoms with Crippen LogP contribution in [0.2, 0.25) is 0 Å². The van der Waals surface area contributed by atoms with Crippen molar-refractivity contribution in [2.45, 2.75) is 24.8 Å². The number of nitrogens with one attached hydrogen (secondary N) is 2. The summed E-state index contributed by atoms with van der Waals surface area (Å²) >= 11 is 0. The normalized spacial score (nSPS) is 21.7. The predicted molar refractivity (Wildman–Crippen MR) is 64.2 cm³/mol. The molecule has 5 heteroatoms. The van der Waals surface area contributed by atoms with Gasteiger partial charge in [0.05, 0.1) is 0 Å². The monoisotopic (exact) mass is 254 g/mol. The number of rotatable bonds is 5. The first-order valence-corrected chi connectivity index (χ1v) is 6.01. The molecule has 0 radical (unpaired) electrons. The minimum absolute atomic E-state index is 0.0893. The van der Waals surface area contributed by atoms with Gasteiger partial charge in [0.25, 0.3) is 0 Å². The van der Waals surface area contributed by atoms with E-state index in [0.717, 1.165) is 0 Å². The number of hydrogen-bond acceptors (Lipinski definition) is 2. The Hall–Kier alpha value is -1.49. The molecule has 1 aliphatic carbocycles. The highest BCUT2D eigenvalue weighted by atomic mass is 19.1. The number of benzene rings is 1. The van der Waals surface area contributed by atoms with Crippen LogP contribution >= 0.6 is 0 Å². The van der Waals surface area contributed by atoms with Gasteiger partial charge in [-0.1, -0.05) is 6.07 Å². The molecule has 2 atom stereocenters. The van der Waals surface area contributed by atoms with E-state index < -0.39 is 11.6 Å². The van der Waals surface area contributed by atoms with Crippen LogP contribution in [0.15, 0.2) is 18.2 Å². The molecule has 2 unspecified atom stereocenters. The summed E-state index contributed by atoms with van der Waals surface area (Å²) in [5.74, 6) is -1.39. The maximum absolute atomic E-state index is 13.5. The second kappa shape index (κ2) is 5.44. The summed E-state index contributed by atoms with van der Waals surface area (Å²) in [6.45, 7) is 0.595. The molecule has 1 amide bonds. The molecule has 3 nitrogen and oxygen atoms in total. The van der Waals surface area contributed by atoms with Crippen molar-refractivity contribution in [3.63, 3.8) is 0 Å². The summed E-state index contributed by atoms with van der Waals surface area (Å²) in [4.78, 5) is 11.5. The van der Waals surface area contributed by atoms with Crippen LogP contribution in [0.3, 0.4) is 0 Å². The molecule has 2 rings (SSSR count). The Morgan fingerprint density at radius 2 is 2.06 bits per heavy atom. The van der Waals surface area contributed by atoms with Crippen LogP contribution in [0.4, 0.5) is 8.78 Å². The quantitative estimate of drug-likeness (QED) is 0.837. The smallest absolute Gasteiger partial charge is 0.221 e. The number of carbonyl (C=O) groups is 1. The number of hydrogen-bond donors (Lipinski definition) is 2. The molecule has 1 aliphatic rings. The van der Waals surface area contributed by atoms with Gasteiger partial charge in [0.1, 0.15) is 11.6 Å². The molecule has 0 saturated heterocycles. The molecule has 98 valence electrons. The predicted octanol–water partition coefficient (Wildman–Crippen LogP) is 1.55. The van der Waals surface area contributed by atoms with Crippen molar-refractivity contribution in [2.75, 3.05) is 13.6 Å². The SMILES string of the molecule is CNCCC(=O)NC1CC1c1c(F)cccc1F. The van der Waals surface area contributed by atoms with E-state index in [2.05, 4.69) is 10.6 Å². The molecule has 0 spiro atoms. The van der Waals surface area contributed by atoms with E-state index in [0.29, 0.717) is 19.4 Å². The molecule has 0 bridgehead atoms. The lowest BCUT2D eigenvalue weighted by atomic mass is 10.1. The lowest BCUT2D eigenvalue weighted by Crippen LogP contribution is -2.29. The largest absolute Gasteiger partial charge is 0.353 e. The van der Waals surface area contributed by atoms with Gasteiger partial charge in [-0.3, -0.25) is 4.79 Å². The van der Waals surface area contributed by atoms with Gasteiger partial charge in [-0.2, -0.15) is 0 Å². The summed E-state index contributed by atoms with van der Waals surface area (Å²) in [6.07, 6.45) is 0.975. The zero-order chi connectivity index (χ0) is 13.1. The molecular weight excluding hydrogens is 238 g/mol. The maximum Gasteiger partial charge on any atom is 0.221 e. The highest BCUT2D eigenvalue weighted by Gasteiger charge is 2.42. The van der Waals surface area contributed by atoms with Gasteiger partial charge in [0.2, 0.25) is 5.91 Å². The molecule has 0 aliphatic heterocycles. The van der Waals surface area contributed by atoms with E-state index in [-0.39, 0.29) is 23.4 Å². The Balaban J connectivity index is 1.93. The van der Waals surface area contributed by atoms with Crippen LogP contribution < -0.4 is 10.6 Å². The van der Waals surface area contributed by atoms with Crippen LogP contribution in [-0.2, 0) is 4.79 Å². The Bertz CT molecular complexity index is 430. The fourth-order valence-corrected chi connectivity index (χ4v) is 2.06. The molecule has 1 saturated carbocycles. The average Bonchev–Trinajstić information content (AvgIpc) is 3.05. The second-order valence-corrected chi connectivity index (χ2v) is 4.51. The van der Waals surface area contributed by atoms with Crippen LogP contribution in [-0.4, -0.2) is 25.5 Å². The topological polar surface area (TPSA) is 41.1 Å². The molecule has 1 aromatic carbocycles. The molecule has 0 aromatic heterocycles. The summed E-state index contributed by atoms with van der Waals surface area (Å²) in [7, 11) is 1.77. The van der Waals surface area contributed by atoms with Gasteiger partial charge >= 0.3 is 0 Å². The number of halogens is 2. The standard InChI is InChI=1S/C13H16F2N2O/c1-16-6-5-12(18)17-11-7-8(11)13-9(14)3-2-4-10(13)15/h2-4,8,11,16H,5-7H2,1H3,(H,17,18). The van der Waals surface area contributed by atoms with E-state index in [9.17, 15) is 13.6 Å². The Kier molecular flexibility index (Phi) is 3.91. The highest BCUT2D eigenvalue weighted by Crippen LogP contribution is 2.43. The highest BCUT2D eigenvalue weighted by molar-refractivity contribution is 5.77. The van der Waals surface area contributed by atoms with Crippen LogP contribution in [0.25, 0.3) is 0 Å². The first-order chi connectivity index (χ1) is 8.63. The number of carbonyl (C=O) groups excluding carboxylic acids is 1. The van der Waals surface area contributed by atoms with Gasteiger partial charge < -0.3 is 10.6 Å². The zero-order valence-electron chi connectivity index (χ0n) is 10.2. The van der Waals surface area contributed by atoms with Gasteiger partial charge in [0.15, 0.2) is 0 Å². The minimum Gasteiger partial charge on any atom is -0.353 e. The summed E-state index contributed by atoms with van der Waals surface area (Å²) in [5, 5.41) is 5.65. The molecule has 1 aromatic rings. The lowest BCUT2D eigenvalue weighted by Gasteiger charge is -2.06.